The summed E-state index contributed by atoms with van der Waals surface area (Å²) in [6.07, 6.45) is -0.361. The van der Waals surface area contributed by atoms with Crippen LogP contribution in [0.25, 0.3) is 11.2 Å². The van der Waals surface area contributed by atoms with Crippen LogP contribution in [0.15, 0.2) is 54.6 Å². The molecule has 0 aliphatic carbocycles. The molecular formula is C25H24ClN3O3. The van der Waals surface area contributed by atoms with Crippen LogP contribution >= 0.6 is 11.6 Å². The van der Waals surface area contributed by atoms with Crippen molar-refractivity contribution in [1.29, 1.82) is 0 Å². The number of benzene rings is 2. The highest BCUT2D eigenvalue weighted by molar-refractivity contribution is 6.32. The Bertz CT molecular complexity index is 1280. The molecule has 2 aromatic heterocycles. The zero-order chi connectivity index (χ0) is 22.8. The van der Waals surface area contributed by atoms with E-state index >= 15 is 0 Å². The summed E-state index contributed by atoms with van der Waals surface area (Å²) in [5.74, 6) is 0.195. The van der Waals surface area contributed by atoms with Crippen molar-refractivity contribution in [3.05, 3.63) is 87.8 Å². The molecule has 164 valence electrons. The third-order valence-corrected chi connectivity index (χ3v) is 5.62. The van der Waals surface area contributed by atoms with Crippen LogP contribution < -0.4 is 4.74 Å². The summed E-state index contributed by atoms with van der Waals surface area (Å²) in [6.45, 7) is 6.64. The van der Waals surface area contributed by atoms with Crippen molar-refractivity contribution in [2.75, 3.05) is 0 Å². The minimum atomic E-state index is -1.14. The van der Waals surface area contributed by atoms with Crippen molar-refractivity contribution in [2.24, 2.45) is 0 Å². The van der Waals surface area contributed by atoms with E-state index in [-0.39, 0.29) is 0 Å². The molecule has 2 aromatic carbocycles. The minimum absolute atomic E-state index is 0.322. The molecule has 0 aliphatic rings. The molecule has 0 radical (unpaired) electrons. The van der Waals surface area contributed by atoms with Crippen molar-refractivity contribution < 1.29 is 14.6 Å². The Kier molecular flexibility index (Phi) is 6.15. The van der Waals surface area contributed by atoms with E-state index in [1.54, 1.807) is 36.4 Å². The Morgan fingerprint density at radius 2 is 1.88 bits per heavy atom. The van der Waals surface area contributed by atoms with Gasteiger partial charge in [-0.15, -0.1) is 0 Å². The molecule has 2 heterocycles. The van der Waals surface area contributed by atoms with Crippen molar-refractivity contribution in [3.8, 4) is 5.75 Å². The molecule has 7 heteroatoms. The molecule has 0 bridgehead atoms. The highest BCUT2D eigenvalue weighted by atomic mass is 35.5. The lowest BCUT2D eigenvalue weighted by atomic mass is 10.1. The molecule has 1 atom stereocenters. The zero-order valence-corrected chi connectivity index (χ0v) is 18.9. The van der Waals surface area contributed by atoms with E-state index in [0.717, 1.165) is 40.2 Å². The lowest BCUT2D eigenvalue weighted by Crippen LogP contribution is -2.18. The summed E-state index contributed by atoms with van der Waals surface area (Å²) < 4.78 is 7.87. The summed E-state index contributed by atoms with van der Waals surface area (Å²) in [4.78, 5) is 21.2. The highest BCUT2D eigenvalue weighted by Gasteiger charge is 2.23. The quantitative estimate of drug-likeness (QED) is 0.402. The van der Waals surface area contributed by atoms with Gasteiger partial charge in [-0.25, -0.2) is 14.8 Å². The number of ether oxygens (including phenoxy) is 1. The first-order valence-electron chi connectivity index (χ1n) is 10.4. The Morgan fingerprint density at radius 1 is 1.12 bits per heavy atom. The fourth-order valence-corrected chi connectivity index (χ4v) is 4.07. The van der Waals surface area contributed by atoms with Gasteiger partial charge in [-0.05, 0) is 43.2 Å². The average Bonchev–Trinajstić information content (AvgIpc) is 3.11. The predicted octanol–water partition coefficient (Wildman–Crippen LogP) is 5.52. The first-order chi connectivity index (χ1) is 15.4. The minimum Gasteiger partial charge on any atom is -0.478 e. The Labute approximate surface area is 191 Å². The number of carbonyl (C=O) groups is 1. The molecule has 0 spiro atoms. The van der Waals surface area contributed by atoms with Gasteiger partial charge in [0.2, 0.25) is 6.10 Å². The maximum Gasteiger partial charge on any atom is 0.349 e. The summed E-state index contributed by atoms with van der Waals surface area (Å²) in [7, 11) is 0. The first kappa shape index (κ1) is 21.8. The van der Waals surface area contributed by atoms with E-state index in [1.165, 1.54) is 0 Å². The molecule has 0 fully saturated rings. The van der Waals surface area contributed by atoms with E-state index in [0.29, 0.717) is 22.9 Å². The number of rotatable bonds is 7. The standard InChI is InChI=1S/C25H24ClN3O3/c1-4-21-28-22-15(2)12-16(3)27-24(22)29(21)14-17-10-11-20(19(26)13-17)32-23(25(30)31)18-8-6-5-7-9-18/h5-13,23H,4,14H2,1-3H3,(H,30,31). The van der Waals surface area contributed by atoms with Crippen molar-refractivity contribution >= 4 is 28.7 Å². The topological polar surface area (TPSA) is 77.2 Å². The van der Waals surface area contributed by atoms with E-state index in [4.69, 9.17) is 26.3 Å². The second-order valence-corrected chi connectivity index (χ2v) is 8.14. The van der Waals surface area contributed by atoms with E-state index in [9.17, 15) is 9.90 Å². The fraction of sp³-hybridized carbons (Fsp3) is 0.240. The number of aliphatic carboxylic acids is 1. The van der Waals surface area contributed by atoms with Crippen LogP contribution in [0.1, 0.15) is 41.2 Å². The molecule has 0 amide bonds. The molecule has 4 rings (SSSR count). The largest absolute Gasteiger partial charge is 0.478 e. The third kappa shape index (κ3) is 4.32. The van der Waals surface area contributed by atoms with Gasteiger partial charge in [0.15, 0.2) is 5.65 Å². The van der Waals surface area contributed by atoms with Crippen molar-refractivity contribution in [3.63, 3.8) is 0 Å². The van der Waals surface area contributed by atoms with Gasteiger partial charge >= 0.3 is 5.97 Å². The number of halogens is 1. The molecular weight excluding hydrogens is 426 g/mol. The highest BCUT2D eigenvalue weighted by Crippen LogP contribution is 2.31. The smallest absolute Gasteiger partial charge is 0.349 e. The number of hydrogen-bond donors (Lipinski definition) is 1. The van der Waals surface area contributed by atoms with Gasteiger partial charge in [0.05, 0.1) is 11.6 Å². The Morgan fingerprint density at radius 3 is 2.53 bits per heavy atom. The summed E-state index contributed by atoms with van der Waals surface area (Å²) >= 11 is 6.49. The van der Waals surface area contributed by atoms with Gasteiger partial charge in [0.25, 0.3) is 0 Å². The molecule has 0 aliphatic heterocycles. The van der Waals surface area contributed by atoms with Gasteiger partial charge in [-0.3, -0.25) is 0 Å². The molecule has 4 aromatic rings. The van der Waals surface area contributed by atoms with Crippen LogP contribution in [0.5, 0.6) is 5.75 Å². The van der Waals surface area contributed by atoms with Gasteiger partial charge < -0.3 is 14.4 Å². The van der Waals surface area contributed by atoms with E-state index in [1.807, 2.05) is 32.0 Å². The molecule has 32 heavy (non-hydrogen) atoms. The molecule has 0 saturated carbocycles. The number of pyridine rings is 1. The molecule has 1 N–H and O–H groups in total. The predicted molar refractivity (Wildman–Crippen MR) is 124 cm³/mol. The van der Waals surface area contributed by atoms with Crippen LogP contribution in [0.4, 0.5) is 0 Å². The lowest BCUT2D eigenvalue weighted by Gasteiger charge is -2.17. The zero-order valence-electron chi connectivity index (χ0n) is 18.2. The summed E-state index contributed by atoms with van der Waals surface area (Å²) in [6, 6.07) is 16.2. The molecule has 1 unspecified atom stereocenters. The van der Waals surface area contributed by atoms with Crippen LogP contribution in [0.2, 0.25) is 5.02 Å². The van der Waals surface area contributed by atoms with Crippen LogP contribution in [0, 0.1) is 13.8 Å². The monoisotopic (exact) mass is 449 g/mol. The number of imidazole rings is 1. The summed E-state index contributed by atoms with van der Waals surface area (Å²) in [5.41, 5.74) is 5.30. The number of aryl methyl sites for hydroxylation is 3. The van der Waals surface area contributed by atoms with Gasteiger partial charge in [0, 0.05) is 17.7 Å². The van der Waals surface area contributed by atoms with Gasteiger partial charge in [-0.2, -0.15) is 0 Å². The average molecular weight is 450 g/mol. The lowest BCUT2D eigenvalue weighted by molar-refractivity contribution is -0.145. The number of carboxylic acids is 1. The maximum absolute atomic E-state index is 11.8. The fourth-order valence-electron chi connectivity index (χ4n) is 3.82. The van der Waals surface area contributed by atoms with Crippen LogP contribution in [0.3, 0.4) is 0 Å². The third-order valence-electron chi connectivity index (χ3n) is 5.33. The molecule has 6 nitrogen and oxygen atoms in total. The van der Waals surface area contributed by atoms with Gasteiger partial charge in [0.1, 0.15) is 17.1 Å². The Balaban J connectivity index is 1.64. The number of carboxylic acid groups (broad SMARTS) is 1. The second-order valence-electron chi connectivity index (χ2n) is 7.73. The number of fused-ring (bicyclic) bond motifs is 1. The number of hydrogen-bond acceptors (Lipinski definition) is 4. The maximum atomic E-state index is 11.8. The van der Waals surface area contributed by atoms with Crippen molar-refractivity contribution in [1.82, 2.24) is 14.5 Å². The normalized spacial score (nSPS) is 12.1. The number of nitrogens with zero attached hydrogens (tertiary/aromatic N) is 3. The van der Waals surface area contributed by atoms with Gasteiger partial charge in [-0.1, -0.05) is 54.9 Å². The van der Waals surface area contributed by atoms with E-state index < -0.39 is 12.1 Å². The first-order valence-corrected chi connectivity index (χ1v) is 10.8. The SMILES string of the molecule is CCc1nc2c(C)cc(C)nc2n1Cc1ccc(OC(C(=O)O)c2ccccc2)c(Cl)c1. The molecule has 0 saturated heterocycles. The van der Waals surface area contributed by atoms with Crippen LogP contribution in [-0.2, 0) is 17.8 Å². The van der Waals surface area contributed by atoms with Crippen LogP contribution in [-0.4, -0.2) is 25.6 Å². The van der Waals surface area contributed by atoms with E-state index in [2.05, 4.69) is 11.5 Å². The van der Waals surface area contributed by atoms with Crippen molar-refractivity contribution in [2.45, 2.75) is 39.8 Å². The second kappa shape index (κ2) is 9.01. The number of aromatic nitrogens is 3. The summed E-state index contributed by atoms with van der Waals surface area (Å²) in [5, 5.41) is 9.98. The Hall–Kier alpha value is -3.38.